The number of ether oxygens (including phenoxy) is 1. The molecular weight excluding hydrogens is 405 g/mol. The molecule has 3 heterocycles. The quantitative estimate of drug-likeness (QED) is 0.447. The molecule has 5 rings (SSSR count). The van der Waals surface area contributed by atoms with Crippen LogP contribution in [-0.2, 0) is 6.42 Å². The number of hydrogen-bond acceptors (Lipinski definition) is 4. The molecule has 1 atom stereocenters. The predicted molar refractivity (Wildman–Crippen MR) is 121 cm³/mol. The molecule has 0 saturated carbocycles. The molecule has 0 unspecified atom stereocenters. The summed E-state index contributed by atoms with van der Waals surface area (Å²) in [5.41, 5.74) is 3.93. The van der Waals surface area contributed by atoms with Crippen molar-refractivity contribution in [3.63, 3.8) is 0 Å². The van der Waals surface area contributed by atoms with Gasteiger partial charge in [-0.3, -0.25) is 0 Å². The summed E-state index contributed by atoms with van der Waals surface area (Å²) in [6.45, 7) is 1.96. The van der Waals surface area contributed by atoms with E-state index in [9.17, 15) is 4.39 Å². The number of methoxy groups -OCH3 is 1. The van der Waals surface area contributed by atoms with E-state index in [1.54, 1.807) is 13.4 Å². The molecule has 0 bridgehead atoms. The first kappa shape index (κ1) is 20.2. The van der Waals surface area contributed by atoms with Crippen LogP contribution in [0.5, 0.6) is 5.75 Å². The van der Waals surface area contributed by atoms with Crippen LogP contribution in [-0.4, -0.2) is 31.4 Å². The summed E-state index contributed by atoms with van der Waals surface area (Å²) in [5, 5.41) is 4.74. The maximum absolute atomic E-state index is 13.3. The first-order chi connectivity index (χ1) is 15.6. The van der Waals surface area contributed by atoms with Crippen LogP contribution in [0.2, 0.25) is 0 Å². The zero-order valence-electron chi connectivity index (χ0n) is 18.1. The Bertz CT molecular complexity index is 1270. The fourth-order valence-electron chi connectivity index (χ4n) is 4.17. The second-order valence-corrected chi connectivity index (χ2v) is 7.98. The molecule has 4 aromatic rings. The molecule has 1 aliphatic heterocycles. The first-order valence-corrected chi connectivity index (χ1v) is 10.7. The topological polar surface area (TPSA) is 57.8 Å². The highest BCUT2D eigenvalue weighted by atomic mass is 19.1. The molecule has 0 spiro atoms. The van der Waals surface area contributed by atoms with Crippen LogP contribution in [0.4, 0.5) is 4.39 Å². The van der Waals surface area contributed by atoms with Gasteiger partial charge in [-0.15, -0.1) is 0 Å². The average molecular weight is 429 g/mol. The van der Waals surface area contributed by atoms with Gasteiger partial charge in [-0.2, -0.15) is 5.10 Å². The smallest absolute Gasteiger partial charge is 0.174 e. The summed E-state index contributed by atoms with van der Waals surface area (Å²) in [5.74, 6) is 2.17. The number of fused-ring (bicyclic) bond motifs is 1. The molecule has 7 heteroatoms. The van der Waals surface area contributed by atoms with E-state index in [-0.39, 0.29) is 11.9 Å². The fourth-order valence-corrected chi connectivity index (χ4v) is 4.17. The lowest BCUT2D eigenvalue weighted by Crippen LogP contribution is -2.20. The number of rotatable bonds is 5. The van der Waals surface area contributed by atoms with Gasteiger partial charge in [0.2, 0.25) is 0 Å². The van der Waals surface area contributed by atoms with Gasteiger partial charge in [0.25, 0.3) is 0 Å². The van der Waals surface area contributed by atoms with E-state index >= 15 is 0 Å². The number of imidazole rings is 1. The Hall–Kier alpha value is -3.74. The van der Waals surface area contributed by atoms with E-state index in [4.69, 9.17) is 14.8 Å². The Kier molecular flexibility index (Phi) is 5.31. The highest BCUT2D eigenvalue weighted by Gasteiger charge is 2.24. The second-order valence-electron chi connectivity index (χ2n) is 7.98. The molecule has 6 nitrogen and oxygen atoms in total. The van der Waals surface area contributed by atoms with Gasteiger partial charge in [-0.1, -0.05) is 24.3 Å². The third kappa shape index (κ3) is 3.93. The van der Waals surface area contributed by atoms with Crippen molar-refractivity contribution < 1.29 is 9.13 Å². The molecule has 0 fully saturated rings. The summed E-state index contributed by atoms with van der Waals surface area (Å²) in [6, 6.07) is 12.8. The van der Waals surface area contributed by atoms with E-state index in [1.807, 2.05) is 64.9 Å². The SMILES string of the molecule is COc1cc(/C=C/c2nc3n(n2)[C@@H](c2ccc(F)cc2)CCC3)ccc1-n1cnc(C)c1. The van der Waals surface area contributed by atoms with E-state index in [0.717, 1.165) is 53.3 Å². The molecule has 2 aromatic carbocycles. The standard InChI is InChI=1S/C25H24FN5O/c1-17-15-30(16-27-17)22-12-6-18(14-23(22)32-2)7-13-24-28-25-5-3-4-21(31(25)29-24)19-8-10-20(26)11-9-19/h6-16,21H,3-5H2,1-2H3/b13-7+/t21-/m1/s1. The zero-order valence-corrected chi connectivity index (χ0v) is 18.1. The number of nitrogens with zero attached hydrogens (tertiary/aromatic N) is 5. The van der Waals surface area contributed by atoms with Crippen molar-refractivity contribution >= 4 is 12.2 Å². The number of benzene rings is 2. The lowest BCUT2D eigenvalue weighted by atomic mass is 9.98. The van der Waals surface area contributed by atoms with Crippen LogP contribution in [0, 0.1) is 12.7 Å². The molecule has 0 aliphatic carbocycles. The predicted octanol–water partition coefficient (Wildman–Crippen LogP) is 5.02. The minimum absolute atomic E-state index is 0.0898. The highest BCUT2D eigenvalue weighted by molar-refractivity contribution is 5.69. The molecule has 162 valence electrons. The molecule has 0 saturated heterocycles. The molecular formula is C25H24FN5O. The van der Waals surface area contributed by atoms with Gasteiger partial charge in [0.05, 0.1) is 30.9 Å². The normalized spacial score (nSPS) is 15.8. The van der Waals surface area contributed by atoms with Gasteiger partial charge < -0.3 is 9.30 Å². The van der Waals surface area contributed by atoms with Gasteiger partial charge in [0.1, 0.15) is 17.4 Å². The van der Waals surface area contributed by atoms with Crippen LogP contribution in [0.25, 0.3) is 17.8 Å². The van der Waals surface area contributed by atoms with Crippen LogP contribution in [0.15, 0.2) is 55.0 Å². The zero-order chi connectivity index (χ0) is 22.1. The maximum Gasteiger partial charge on any atom is 0.174 e. The molecule has 32 heavy (non-hydrogen) atoms. The third-order valence-electron chi connectivity index (χ3n) is 5.76. The van der Waals surface area contributed by atoms with Gasteiger partial charge in [-0.05, 0) is 61.2 Å². The Labute approximate surface area is 186 Å². The maximum atomic E-state index is 13.3. The van der Waals surface area contributed by atoms with Crippen LogP contribution in [0.3, 0.4) is 0 Å². The Balaban J connectivity index is 1.40. The summed E-state index contributed by atoms with van der Waals surface area (Å²) < 4.78 is 22.9. The third-order valence-corrected chi connectivity index (χ3v) is 5.76. The summed E-state index contributed by atoms with van der Waals surface area (Å²) in [4.78, 5) is 9.00. The lowest BCUT2D eigenvalue weighted by molar-refractivity contribution is 0.411. The Morgan fingerprint density at radius 3 is 2.72 bits per heavy atom. The Morgan fingerprint density at radius 1 is 1.12 bits per heavy atom. The number of aryl methyl sites for hydroxylation is 2. The lowest BCUT2D eigenvalue weighted by Gasteiger charge is -2.23. The molecule has 0 N–H and O–H groups in total. The van der Waals surface area contributed by atoms with Crippen molar-refractivity contribution in [3.05, 3.63) is 89.3 Å². The molecule has 0 amide bonds. The summed E-state index contributed by atoms with van der Waals surface area (Å²) in [7, 11) is 1.66. The van der Waals surface area contributed by atoms with Crippen molar-refractivity contribution in [1.82, 2.24) is 24.3 Å². The van der Waals surface area contributed by atoms with Crippen LogP contribution in [0.1, 0.15) is 47.4 Å². The van der Waals surface area contributed by atoms with Crippen molar-refractivity contribution in [2.75, 3.05) is 7.11 Å². The van der Waals surface area contributed by atoms with E-state index in [1.165, 1.54) is 12.1 Å². The van der Waals surface area contributed by atoms with E-state index < -0.39 is 0 Å². The average Bonchev–Trinajstić information content (AvgIpc) is 3.43. The monoisotopic (exact) mass is 429 g/mol. The van der Waals surface area contributed by atoms with Gasteiger partial charge in [0.15, 0.2) is 5.82 Å². The van der Waals surface area contributed by atoms with Crippen molar-refractivity contribution in [1.29, 1.82) is 0 Å². The second kappa shape index (κ2) is 8.42. The highest BCUT2D eigenvalue weighted by Crippen LogP contribution is 2.30. The molecule has 2 aromatic heterocycles. The molecule has 0 radical (unpaired) electrons. The summed E-state index contributed by atoms with van der Waals surface area (Å²) in [6.07, 6.45) is 10.5. The van der Waals surface area contributed by atoms with Gasteiger partial charge in [-0.25, -0.2) is 19.0 Å². The number of halogens is 1. The minimum atomic E-state index is -0.225. The van der Waals surface area contributed by atoms with E-state index in [0.29, 0.717) is 5.82 Å². The largest absolute Gasteiger partial charge is 0.495 e. The van der Waals surface area contributed by atoms with E-state index in [2.05, 4.69) is 4.98 Å². The summed E-state index contributed by atoms with van der Waals surface area (Å²) >= 11 is 0. The van der Waals surface area contributed by atoms with Crippen molar-refractivity contribution in [2.24, 2.45) is 0 Å². The number of aromatic nitrogens is 5. The van der Waals surface area contributed by atoms with Crippen LogP contribution >= 0.6 is 0 Å². The fraction of sp³-hybridized carbons (Fsp3) is 0.240. The van der Waals surface area contributed by atoms with Gasteiger partial charge in [0, 0.05) is 12.6 Å². The van der Waals surface area contributed by atoms with Crippen LogP contribution < -0.4 is 4.74 Å². The molecule has 1 aliphatic rings. The first-order valence-electron chi connectivity index (χ1n) is 10.7. The number of hydrogen-bond donors (Lipinski definition) is 0. The minimum Gasteiger partial charge on any atom is -0.495 e. The van der Waals surface area contributed by atoms with Gasteiger partial charge >= 0.3 is 0 Å². The van der Waals surface area contributed by atoms with Crippen molar-refractivity contribution in [3.8, 4) is 11.4 Å². The van der Waals surface area contributed by atoms with Crippen molar-refractivity contribution in [2.45, 2.75) is 32.2 Å². The Morgan fingerprint density at radius 2 is 1.97 bits per heavy atom.